The van der Waals surface area contributed by atoms with Gasteiger partial charge in [0.05, 0.1) is 36.0 Å². The van der Waals surface area contributed by atoms with E-state index in [9.17, 15) is 14.7 Å². The van der Waals surface area contributed by atoms with Crippen LogP contribution >= 0.6 is 0 Å². The zero-order chi connectivity index (χ0) is 45.0. The molecule has 3 spiro atoms. The highest BCUT2D eigenvalue weighted by Gasteiger charge is 2.93. The molecule has 0 radical (unpaired) electrons. The number of aliphatic hydroxyl groups is 1. The summed E-state index contributed by atoms with van der Waals surface area (Å²) >= 11 is 0. The topological polar surface area (TPSA) is 140 Å². The maximum atomic E-state index is 15.9. The fraction of sp³-hybridized carbons (Fsp3) is 0.727. The SMILES string of the molecule is CC1(C)OC2C3(CCCC3)C(=O)OCC23C1C(=O)C(O)C1(C2CCCC(Cc4ccccc4)C2)C3CCC2(C)C(c3ccoc3CCC3CCC4C(C=CN5CNCC45)C3)OC(=O)C3OC321. The minimum Gasteiger partial charge on any atom is -0.469 e. The lowest BCUT2D eigenvalue weighted by molar-refractivity contribution is -0.285. The molecule has 13 rings (SSSR count). The highest BCUT2D eigenvalue weighted by Crippen LogP contribution is 2.83. The Labute approximate surface area is 389 Å². The number of epoxide rings is 1. The van der Waals surface area contributed by atoms with Crippen LogP contribution in [0.2, 0.25) is 0 Å². The summed E-state index contributed by atoms with van der Waals surface area (Å²) in [6.45, 7) is 8.31. The minimum atomic E-state index is -1.41. The van der Waals surface area contributed by atoms with Crippen LogP contribution in [0.15, 0.2) is 59.4 Å². The summed E-state index contributed by atoms with van der Waals surface area (Å²) in [6.07, 6.45) is 17.3. The van der Waals surface area contributed by atoms with Crippen molar-refractivity contribution in [1.82, 2.24) is 10.2 Å². The lowest BCUT2D eigenvalue weighted by atomic mass is 9.32. The van der Waals surface area contributed by atoms with Crippen molar-refractivity contribution in [2.45, 2.75) is 165 Å². The van der Waals surface area contributed by atoms with Crippen molar-refractivity contribution in [2.75, 3.05) is 19.8 Å². The van der Waals surface area contributed by atoms with Crippen molar-refractivity contribution in [1.29, 1.82) is 0 Å². The van der Waals surface area contributed by atoms with Crippen molar-refractivity contribution in [2.24, 2.45) is 63.1 Å². The molecule has 5 saturated heterocycles. The molecule has 11 heteroatoms. The molecule has 16 unspecified atom stereocenters. The number of carbonyl (C=O) groups is 3. The molecular formula is C55H70N2O9. The Morgan fingerprint density at radius 2 is 1.71 bits per heavy atom. The van der Waals surface area contributed by atoms with E-state index in [4.69, 9.17) is 23.4 Å². The number of hydrogen-bond donors (Lipinski definition) is 2. The van der Waals surface area contributed by atoms with Gasteiger partial charge in [-0.3, -0.25) is 14.9 Å². The summed E-state index contributed by atoms with van der Waals surface area (Å²) in [5.74, 6) is 1.05. The number of hydrogen-bond acceptors (Lipinski definition) is 11. The van der Waals surface area contributed by atoms with Crippen LogP contribution in [0.3, 0.4) is 0 Å². The molecule has 66 heavy (non-hydrogen) atoms. The molecule has 16 atom stereocenters. The molecule has 10 fully saturated rings. The molecule has 11 nitrogen and oxygen atoms in total. The number of carbonyl (C=O) groups excluding carboxylic acids is 3. The Bertz CT molecular complexity index is 2320. The normalized spacial score (nSPS) is 46.8. The molecule has 2 aromatic rings. The molecule has 6 aliphatic heterocycles. The third-order valence-corrected chi connectivity index (χ3v) is 21.1. The molecule has 7 heterocycles. The van der Waals surface area contributed by atoms with Crippen molar-refractivity contribution in [3.05, 3.63) is 71.8 Å². The predicted octanol–water partition coefficient (Wildman–Crippen LogP) is 8.03. The molecule has 11 aliphatic rings. The van der Waals surface area contributed by atoms with Crippen LogP contribution in [0.5, 0.6) is 0 Å². The Morgan fingerprint density at radius 3 is 2.55 bits per heavy atom. The third-order valence-electron chi connectivity index (χ3n) is 21.1. The summed E-state index contributed by atoms with van der Waals surface area (Å²) in [5, 5.41) is 17.2. The number of Topliss-reactive ketones (excluding diaryl/α,β-unsaturated/α-hetero) is 1. The summed E-state index contributed by atoms with van der Waals surface area (Å²) in [4.78, 5) is 47.5. The molecule has 5 aliphatic carbocycles. The summed E-state index contributed by atoms with van der Waals surface area (Å²) < 4.78 is 34.1. The van der Waals surface area contributed by atoms with Gasteiger partial charge in [0.15, 0.2) is 11.9 Å². The van der Waals surface area contributed by atoms with Crippen LogP contribution in [0, 0.1) is 63.1 Å². The molecular weight excluding hydrogens is 833 g/mol. The lowest BCUT2D eigenvalue weighted by Crippen LogP contribution is -2.80. The number of benzene rings is 1. The molecule has 2 N–H and O–H groups in total. The Balaban J connectivity index is 0.902. The number of cyclic esters (lactones) is 2. The van der Waals surface area contributed by atoms with Crippen LogP contribution in [0.25, 0.3) is 0 Å². The van der Waals surface area contributed by atoms with Gasteiger partial charge in [-0.25, -0.2) is 4.79 Å². The number of aliphatic hydroxyl groups excluding tert-OH is 1. The van der Waals surface area contributed by atoms with Crippen LogP contribution in [0.4, 0.5) is 0 Å². The summed E-state index contributed by atoms with van der Waals surface area (Å²) in [7, 11) is 0. The Morgan fingerprint density at radius 1 is 0.879 bits per heavy atom. The summed E-state index contributed by atoms with van der Waals surface area (Å²) in [6, 6.07) is 13.3. The first-order valence-electron chi connectivity index (χ1n) is 26.1. The second-order valence-electron chi connectivity index (χ2n) is 24.2. The number of ketones is 1. The number of aryl methyl sites for hydroxylation is 1. The van der Waals surface area contributed by atoms with E-state index >= 15 is 4.79 Å². The fourth-order valence-corrected chi connectivity index (χ4v) is 18.8. The minimum absolute atomic E-state index is 0.0724. The number of nitrogens with one attached hydrogen (secondary N) is 1. The lowest BCUT2D eigenvalue weighted by Gasteiger charge is -2.70. The van der Waals surface area contributed by atoms with Crippen molar-refractivity contribution in [3.8, 4) is 0 Å². The molecule has 354 valence electrons. The second kappa shape index (κ2) is 14.8. The molecule has 1 aromatic heterocycles. The van der Waals surface area contributed by atoms with E-state index in [1.807, 2.05) is 19.9 Å². The van der Waals surface area contributed by atoms with Crippen molar-refractivity contribution in [3.63, 3.8) is 0 Å². The third kappa shape index (κ3) is 5.43. The van der Waals surface area contributed by atoms with E-state index in [-0.39, 0.29) is 30.2 Å². The molecule has 5 saturated carbocycles. The quantitative estimate of drug-likeness (QED) is 0.206. The number of nitrogens with zero attached hydrogens (tertiary/aromatic N) is 1. The summed E-state index contributed by atoms with van der Waals surface area (Å²) in [5.41, 5.74) is -3.69. The van der Waals surface area contributed by atoms with Crippen LogP contribution < -0.4 is 5.32 Å². The van der Waals surface area contributed by atoms with Crippen molar-refractivity contribution < 1.29 is 42.9 Å². The highest BCUT2D eigenvalue weighted by molar-refractivity contribution is 5.93. The number of rotatable bonds is 7. The molecule has 0 bridgehead atoms. The highest BCUT2D eigenvalue weighted by atomic mass is 16.7. The standard InChI is InChI=1S/C55H70N2O9/c1-50(2)43-42(58)44(59)54(36-13-9-12-34(28-36)26-32-10-5-4-6-11-32)41(53(43)30-63-49(61)52(48(53)66-50)21-7-8-22-52)18-23-51(3)45(64-47(60)46-55(51,54)65-46)38-20-25-62-40(38)17-15-33-14-16-37-35(27-33)19-24-57-31-56-29-39(37)57/h4-6,10-11,19-20,24-25,33-37,39,41,43-46,48,56,59H,7-9,12-18,21-23,26-31H2,1-3H3. The van der Waals surface area contributed by atoms with Gasteiger partial charge in [-0.15, -0.1) is 0 Å². The maximum Gasteiger partial charge on any atom is 0.339 e. The van der Waals surface area contributed by atoms with Gasteiger partial charge < -0.3 is 33.4 Å². The largest absolute Gasteiger partial charge is 0.469 e. The number of allylic oxidation sites excluding steroid dienone is 1. The number of esters is 2. The average molecular weight is 903 g/mol. The fourth-order valence-electron chi connectivity index (χ4n) is 18.8. The van der Waals surface area contributed by atoms with Crippen LogP contribution in [-0.2, 0) is 46.2 Å². The van der Waals surface area contributed by atoms with E-state index in [0.29, 0.717) is 55.4 Å². The van der Waals surface area contributed by atoms with Gasteiger partial charge in [-0.2, -0.15) is 0 Å². The van der Waals surface area contributed by atoms with Gasteiger partial charge in [0.25, 0.3) is 0 Å². The zero-order valence-corrected chi connectivity index (χ0v) is 39.2. The Hall–Kier alpha value is -3.51. The number of fused-ring (bicyclic) bond motifs is 5. The van der Waals surface area contributed by atoms with Gasteiger partial charge in [0.2, 0.25) is 0 Å². The van der Waals surface area contributed by atoms with Gasteiger partial charge in [-0.1, -0.05) is 75.4 Å². The first-order valence-corrected chi connectivity index (χ1v) is 26.1. The predicted molar refractivity (Wildman–Crippen MR) is 242 cm³/mol. The first kappa shape index (κ1) is 42.6. The van der Waals surface area contributed by atoms with Crippen LogP contribution in [0.1, 0.15) is 134 Å². The van der Waals surface area contributed by atoms with Gasteiger partial charge in [0.1, 0.15) is 30.2 Å². The Kier molecular flexibility index (Phi) is 9.52. The first-order chi connectivity index (χ1) is 31.9. The number of ether oxygens (including phenoxy) is 4. The van der Waals surface area contributed by atoms with E-state index in [2.05, 4.69) is 59.7 Å². The van der Waals surface area contributed by atoms with E-state index in [1.165, 1.54) is 24.8 Å². The monoisotopic (exact) mass is 903 g/mol. The zero-order valence-electron chi connectivity index (χ0n) is 39.2. The van der Waals surface area contributed by atoms with E-state index < -0.39 is 69.2 Å². The van der Waals surface area contributed by atoms with Gasteiger partial charge in [0, 0.05) is 40.8 Å². The van der Waals surface area contributed by atoms with Gasteiger partial charge >= 0.3 is 11.9 Å². The number of furan rings is 1. The van der Waals surface area contributed by atoms with Crippen LogP contribution in [-0.4, -0.2) is 83.1 Å². The average Bonchev–Trinajstić information content (AvgIpc) is 3.77. The van der Waals surface area contributed by atoms with E-state index in [0.717, 1.165) is 82.3 Å². The maximum absolute atomic E-state index is 15.9. The second-order valence-corrected chi connectivity index (χ2v) is 24.2. The molecule has 1 aromatic carbocycles. The van der Waals surface area contributed by atoms with Crippen molar-refractivity contribution >= 4 is 17.7 Å². The molecule has 0 amide bonds. The van der Waals surface area contributed by atoms with Gasteiger partial charge in [-0.05, 0) is 131 Å². The smallest absolute Gasteiger partial charge is 0.339 e. The van der Waals surface area contributed by atoms with E-state index in [1.54, 1.807) is 6.26 Å².